The smallest absolute Gasteiger partial charge is 0.333 e. The number of hydrogen-bond donors (Lipinski definition) is 4. The van der Waals surface area contributed by atoms with Gasteiger partial charge < -0.3 is 31.1 Å². The Kier molecular flexibility index (Phi) is 8.31. The van der Waals surface area contributed by atoms with Gasteiger partial charge in [-0.25, -0.2) is 19.2 Å². The number of piperazine rings is 1. The van der Waals surface area contributed by atoms with Gasteiger partial charge in [0.05, 0.1) is 29.4 Å². The normalized spacial score (nSPS) is 18.1. The highest BCUT2D eigenvalue weighted by Gasteiger charge is 2.52. The van der Waals surface area contributed by atoms with Gasteiger partial charge in [0.25, 0.3) is 0 Å². The van der Waals surface area contributed by atoms with Crippen molar-refractivity contribution in [3.8, 4) is 17.6 Å². The summed E-state index contributed by atoms with van der Waals surface area (Å²) in [5, 5.41) is 35.3. The van der Waals surface area contributed by atoms with E-state index in [9.17, 15) is 34.2 Å². The molecule has 3 aromatic carbocycles. The Bertz CT molecular complexity index is 1860. The number of benzene rings is 3. The number of carbonyl (C=O) groups excluding carboxylic acids is 3. The number of aromatic hydroxyl groups is 2. The van der Waals surface area contributed by atoms with Gasteiger partial charge >= 0.3 is 6.03 Å². The number of amides is 4. The van der Waals surface area contributed by atoms with Gasteiger partial charge in [-0.3, -0.25) is 9.59 Å². The molecule has 1 unspecified atom stereocenters. The fourth-order valence-electron chi connectivity index (χ4n) is 5.88. The minimum Gasteiger partial charge on any atom is -0.504 e. The molecule has 2 aliphatic heterocycles. The monoisotopic (exact) mass is 644 g/mol. The van der Waals surface area contributed by atoms with Gasteiger partial charge in [-0.1, -0.05) is 41.7 Å². The fourth-order valence-corrected chi connectivity index (χ4v) is 6.67. The van der Waals surface area contributed by atoms with Crippen molar-refractivity contribution in [1.29, 1.82) is 5.26 Å². The second-order valence-electron chi connectivity index (χ2n) is 11.0. The first-order valence-corrected chi connectivity index (χ1v) is 15.1. The summed E-state index contributed by atoms with van der Waals surface area (Å²) in [7, 11) is 0. The lowest BCUT2D eigenvalue weighted by Gasteiger charge is -2.46. The number of urea groups is 1. The summed E-state index contributed by atoms with van der Waals surface area (Å²) in [6.07, 6.45) is -0.798. The predicted molar refractivity (Wildman–Crippen MR) is 165 cm³/mol. The molecule has 5 N–H and O–H groups in total. The van der Waals surface area contributed by atoms with Crippen molar-refractivity contribution in [2.45, 2.75) is 31.7 Å². The number of para-hydroxylation sites is 1. The van der Waals surface area contributed by atoms with Crippen LogP contribution in [0.1, 0.15) is 16.7 Å². The van der Waals surface area contributed by atoms with Crippen molar-refractivity contribution in [2.24, 2.45) is 0 Å². The first-order valence-electron chi connectivity index (χ1n) is 14.3. The zero-order valence-electron chi connectivity index (χ0n) is 24.3. The number of nitrogen functional groups attached to an aromatic ring is 1. The van der Waals surface area contributed by atoms with Crippen molar-refractivity contribution in [2.75, 3.05) is 25.4 Å². The third kappa shape index (κ3) is 5.95. The van der Waals surface area contributed by atoms with Crippen molar-refractivity contribution in [1.82, 2.24) is 30.1 Å². The van der Waals surface area contributed by atoms with Crippen LogP contribution in [0, 0.1) is 17.1 Å². The van der Waals surface area contributed by atoms with E-state index in [-0.39, 0.29) is 56.6 Å². The summed E-state index contributed by atoms with van der Waals surface area (Å²) in [6.45, 7) is -0.444. The van der Waals surface area contributed by atoms with Crippen LogP contribution in [0.3, 0.4) is 0 Å². The Hall–Kier alpha value is -5.46. The molecule has 1 aromatic heterocycles. The minimum absolute atomic E-state index is 0.0160. The lowest BCUT2D eigenvalue weighted by atomic mass is 9.99. The van der Waals surface area contributed by atoms with Gasteiger partial charge in [0, 0.05) is 19.5 Å². The quantitative estimate of drug-likeness (QED) is 0.166. The Morgan fingerprint density at radius 3 is 2.63 bits per heavy atom. The molecule has 4 aromatic rings. The highest BCUT2D eigenvalue weighted by molar-refractivity contribution is 7.22. The summed E-state index contributed by atoms with van der Waals surface area (Å²) in [6, 6.07) is 15.7. The number of aromatic nitrogens is 1. The van der Waals surface area contributed by atoms with Gasteiger partial charge in [0.1, 0.15) is 24.6 Å². The number of fused-ring (bicyclic) bond motifs is 2. The molecule has 2 saturated heterocycles. The number of anilines is 1. The molecule has 15 heteroatoms. The minimum atomic E-state index is -1.02. The third-order valence-electron chi connectivity index (χ3n) is 8.04. The Morgan fingerprint density at radius 1 is 1.13 bits per heavy atom. The van der Waals surface area contributed by atoms with E-state index in [2.05, 4.69) is 10.3 Å². The number of carbonyl (C=O) groups is 3. The van der Waals surface area contributed by atoms with Crippen LogP contribution in [0.2, 0.25) is 0 Å². The molecule has 2 atom stereocenters. The molecule has 2 fully saturated rings. The molecule has 0 aliphatic carbocycles. The van der Waals surface area contributed by atoms with E-state index in [0.717, 1.165) is 15.3 Å². The number of rotatable bonds is 8. The highest BCUT2D eigenvalue weighted by Crippen LogP contribution is 2.33. The number of hydrazine groups is 1. The molecule has 0 bridgehead atoms. The maximum Gasteiger partial charge on any atom is 0.333 e. The van der Waals surface area contributed by atoms with E-state index in [0.29, 0.717) is 21.8 Å². The number of thiazole rings is 1. The molecule has 3 heterocycles. The second kappa shape index (κ2) is 12.5. The van der Waals surface area contributed by atoms with E-state index in [4.69, 9.17) is 5.73 Å². The molecular weight excluding hydrogens is 615 g/mol. The Balaban J connectivity index is 1.32. The van der Waals surface area contributed by atoms with E-state index in [1.54, 1.807) is 11.0 Å². The zero-order valence-corrected chi connectivity index (χ0v) is 25.2. The van der Waals surface area contributed by atoms with E-state index >= 15 is 0 Å². The number of nitrogens with two attached hydrogens (primary N) is 1. The number of nitrogens with one attached hydrogen (secondary N) is 1. The first-order chi connectivity index (χ1) is 22.1. The SMILES string of the molecule is N#CCN(C(=O)NCc1ccc(F)cc1)N1CC(=O)N2C(Cc3ccc(O)c(O)c3)C(=O)N(Cc3cccc4sc(N)nc34)C[C@@H]21. The maximum atomic E-state index is 14.1. The summed E-state index contributed by atoms with van der Waals surface area (Å²) >= 11 is 1.32. The summed E-state index contributed by atoms with van der Waals surface area (Å²) in [4.78, 5) is 48.6. The Labute approximate surface area is 266 Å². The molecular formula is C31H29FN8O5S. The largest absolute Gasteiger partial charge is 0.504 e. The van der Waals surface area contributed by atoms with Crippen molar-refractivity contribution in [3.05, 3.63) is 83.2 Å². The van der Waals surface area contributed by atoms with Crippen molar-refractivity contribution < 1.29 is 29.0 Å². The number of phenols is 2. The van der Waals surface area contributed by atoms with Crippen molar-refractivity contribution in [3.63, 3.8) is 0 Å². The van der Waals surface area contributed by atoms with Crippen LogP contribution in [0.4, 0.5) is 14.3 Å². The average Bonchev–Trinajstić information content (AvgIpc) is 3.58. The topological polar surface area (TPSA) is 179 Å². The van der Waals surface area contributed by atoms with Crippen LogP contribution < -0.4 is 11.1 Å². The maximum absolute atomic E-state index is 14.1. The number of nitrogens with zero attached hydrogens (tertiary/aromatic N) is 6. The molecule has 0 spiro atoms. The van der Waals surface area contributed by atoms with E-state index in [1.165, 1.54) is 57.6 Å². The first kappa shape index (κ1) is 30.6. The molecule has 4 amide bonds. The number of nitriles is 1. The lowest BCUT2D eigenvalue weighted by Crippen LogP contribution is -2.66. The number of hydrogen-bond acceptors (Lipinski definition) is 10. The number of phenolic OH excluding ortho intramolecular Hbond substituents is 2. The highest BCUT2D eigenvalue weighted by atomic mass is 32.1. The molecule has 13 nitrogen and oxygen atoms in total. The average molecular weight is 645 g/mol. The van der Waals surface area contributed by atoms with Gasteiger partial charge in [0.2, 0.25) is 11.8 Å². The second-order valence-corrected chi connectivity index (χ2v) is 12.0. The van der Waals surface area contributed by atoms with Gasteiger partial charge in [0.15, 0.2) is 16.6 Å². The number of halogens is 1. The van der Waals surface area contributed by atoms with Gasteiger partial charge in [-0.2, -0.15) is 10.3 Å². The van der Waals surface area contributed by atoms with E-state index in [1.807, 2.05) is 24.3 Å². The molecule has 0 radical (unpaired) electrons. The van der Waals surface area contributed by atoms with Crippen LogP contribution in [0.15, 0.2) is 60.7 Å². The molecule has 0 saturated carbocycles. The third-order valence-corrected chi connectivity index (χ3v) is 8.89. The van der Waals surface area contributed by atoms with Crippen LogP contribution in [0.5, 0.6) is 11.5 Å². The van der Waals surface area contributed by atoms with Crippen LogP contribution in [-0.4, -0.2) is 84.7 Å². The zero-order chi connectivity index (χ0) is 32.5. The predicted octanol–water partition coefficient (Wildman–Crippen LogP) is 2.50. The molecule has 6 rings (SSSR count). The standard InChI is InChI=1S/C31H29FN8O5S/c32-21-7-4-18(5-8-21)14-35-31(45)38(11-10-33)39-17-27(43)40-22(12-19-6-9-23(41)24(42)13-19)29(44)37(16-26(39)40)15-20-2-1-3-25-28(20)36-30(34)46-25/h1-9,13,22,26,41-42H,11-12,14-17H2,(H2,34,36)(H,35,45)/t22?,26-/m1/s1. The van der Waals surface area contributed by atoms with Gasteiger partial charge in [-0.05, 0) is 47.0 Å². The summed E-state index contributed by atoms with van der Waals surface area (Å²) in [5.74, 6) is -1.88. The van der Waals surface area contributed by atoms with Gasteiger partial charge in [-0.15, -0.1) is 0 Å². The van der Waals surface area contributed by atoms with Crippen LogP contribution in [-0.2, 0) is 29.1 Å². The van der Waals surface area contributed by atoms with Crippen LogP contribution in [0.25, 0.3) is 10.2 Å². The summed E-state index contributed by atoms with van der Waals surface area (Å²) < 4.78 is 14.2. The molecule has 236 valence electrons. The summed E-state index contributed by atoms with van der Waals surface area (Å²) in [5.41, 5.74) is 8.50. The van der Waals surface area contributed by atoms with Crippen LogP contribution >= 0.6 is 11.3 Å². The van der Waals surface area contributed by atoms with E-state index < -0.39 is 30.0 Å². The fraction of sp³-hybridized carbons (Fsp3) is 0.258. The molecule has 2 aliphatic rings. The Morgan fingerprint density at radius 2 is 1.89 bits per heavy atom. The van der Waals surface area contributed by atoms with Crippen molar-refractivity contribution >= 4 is 44.5 Å². The molecule has 46 heavy (non-hydrogen) atoms. The lowest BCUT2D eigenvalue weighted by molar-refractivity contribution is -0.157.